The topological polar surface area (TPSA) is 122 Å². The quantitative estimate of drug-likeness (QED) is 0.605. The third-order valence-electron chi connectivity index (χ3n) is 5.28. The Bertz CT molecular complexity index is 948. The maximum absolute atomic E-state index is 14.6. The summed E-state index contributed by atoms with van der Waals surface area (Å²) >= 11 is 0. The number of piperazine rings is 1. The molecule has 30 heavy (non-hydrogen) atoms. The highest BCUT2D eigenvalue weighted by Crippen LogP contribution is 2.34. The highest BCUT2D eigenvalue weighted by molar-refractivity contribution is 6.43. The molecular weight excluding hydrogens is 397 g/mol. The number of Topliss-reactive ketones (excluding diaryl/α,β-unsaturated/α-hetero) is 1. The summed E-state index contributed by atoms with van der Waals surface area (Å²) in [7, 11) is 1.44. The molecule has 4 heterocycles. The van der Waals surface area contributed by atoms with E-state index in [1.54, 1.807) is 11.1 Å². The fourth-order valence-corrected chi connectivity index (χ4v) is 3.74. The van der Waals surface area contributed by atoms with E-state index in [2.05, 4.69) is 20.6 Å². The normalized spacial score (nSPS) is 23.2. The number of ketones is 1. The molecule has 2 unspecified atom stereocenters. The van der Waals surface area contributed by atoms with Crippen molar-refractivity contribution in [3.8, 4) is 0 Å². The number of carbonyl (C=O) groups excluding carboxylic acids is 3. The molecular formula is C18H20FN7O4. The second-order valence-corrected chi connectivity index (χ2v) is 7.01. The van der Waals surface area contributed by atoms with Gasteiger partial charge in [0.2, 0.25) is 11.7 Å². The van der Waals surface area contributed by atoms with Crippen LogP contribution in [0.4, 0.5) is 4.39 Å². The summed E-state index contributed by atoms with van der Waals surface area (Å²) in [6.45, 7) is 1.03. The van der Waals surface area contributed by atoms with E-state index in [1.807, 2.05) is 0 Å². The van der Waals surface area contributed by atoms with Gasteiger partial charge in [0.15, 0.2) is 5.84 Å². The first-order chi connectivity index (χ1) is 14.5. The summed E-state index contributed by atoms with van der Waals surface area (Å²) in [6.07, 6.45) is 5.40. The van der Waals surface area contributed by atoms with Gasteiger partial charge in [0.25, 0.3) is 5.91 Å². The van der Waals surface area contributed by atoms with Crippen molar-refractivity contribution in [3.05, 3.63) is 36.2 Å². The van der Waals surface area contributed by atoms with E-state index < -0.39 is 29.5 Å². The van der Waals surface area contributed by atoms with E-state index in [0.717, 1.165) is 6.20 Å². The third kappa shape index (κ3) is 3.49. The zero-order valence-electron chi connectivity index (χ0n) is 16.2. The molecule has 0 aromatic carbocycles. The lowest BCUT2D eigenvalue weighted by Gasteiger charge is -2.34. The second-order valence-electron chi connectivity index (χ2n) is 7.01. The van der Waals surface area contributed by atoms with E-state index in [-0.39, 0.29) is 31.2 Å². The van der Waals surface area contributed by atoms with Gasteiger partial charge in [-0.05, 0) is 0 Å². The van der Waals surface area contributed by atoms with Crippen LogP contribution in [0.1, 0.15) is 0 Å². The number of hydrogen-bond acceptors (Lipinski definition) is 8. The molecule has 3 aliphatic rings. The van der Waals surface area contributed by atoms with Gasteiger partial charge in [-0.15, -0.1) is 5.10 Å². The van der Waals surface area contributed by atoms with Gasteiger partial charge < -0.3 is 19.9 Å². The predicted molar refractivity (Wildman–Crippen MR) is 101 cm³/mol. The lowest BCUT2D eigenvalue weighted by atomic mass is 9.88. The standard InChI is InChI=1S/C18H20FN7O4/c1-30-10-13(27)24-4-6-25(7-5-24)18(29)16(28)11-8-20-15-14(11)12(19)9-21-17(15)26-3-2-22-23-26/h2-3,8-9,14-15,20H,4-7,10H2,1H3. The Morgan fingerprint density at radius 1 is 1.23 bits per heavy atom. The SMILES string of the molecule is COCC(=O)N1CCN(C(=O)C(=O)C2=CNC3C(n4ccnn4)=NC=C(F)C23)CC1. The number of ether oxygens (including phenoxy) is 1. The number of halogens is 1. The molecule has 0 saturated carbocycles. The van der Waals surface area contributed by atoms with Gasteiger partial charge >= 0.3 is 0 Å². The van der Waals surface area contributed by atoms with E-state index in [1.165, 1.54) is 29.1 Å². The van der Waals surface area contributed by atoms with E-state index >= 15 is 0 Å². The van der Waals surface area contributed by atoms with Crippen LogP contribution in [0.15, 0.2) is 41.2 Å². The first-order valence-corrected chi connectivity index (χ1v) is 9.37. The Balaban J connectivity index is 1.43. The Labute approximate surface area is 170 Å². The predicted octanol–water partition coefficient (Wildman–Crippen LogP) is -1.29. The minimum absolute atomic E-state index is 0.0316. The number of fused-ring (bicyclic) bond motifs is 1. The highest BCUT2D eigenvalue weighted by atomic mass is 19.1. The molecule has 0 radical (unpaired) electrons. The molecule has 1 aromatic heterocycles. The number of methoxy groups -OCH3 is 1. The van der Waals surface area contributed by atoms with Gasteiger partial charge in [-0.1, -0.05) is 5.21 Å². The van der Waals surface area contributed by atoms with Crippen LogP contribution in [0, 0.1) is 5.92 Å². The molecule has 3 aliphatic heterocycles. The van der Waals surface area contributed by atoms with Crippen molar-refractivity contribution in [1.82, 2.24) is 30.1 Å². The molecule has 4 rings (SSSR count). The van der Waals surface area contributed by atoms with Crippen LogP contribution in [0.3, 0.4) is 0 Å². The van der Waals surface area contributed by atoms with Crippen LogP contribution in [0.2, 0.25) is 0 Å². The molecule has 1 fully saturated rings. The Morgan fingerprint density at radius 2 is 1.97 bits per heavy atom. The van der Waals surface area contributed by atoms with Gasteiger partial charge in [-0.2, -0.15) is 0 Å². The van der Waals surface area contributed by atoms with Crippen molar-refractivity contribution in [1.29, 1.82) is 0 Å². The summed E-state index contributed by atoms with van der Waals surface area (Å²) in [4.78, 5) is 44.5. The van der Waals surface area contributed by atoms with Crippen molar-refractivity contribution in [2.45, 2.75) is 6.04 Å². The minimum Gasteiger partial charge on any atom is -0.380 e. The molecule has 1 saturated heterocycles. The summed E-state index contributed by atoms with van der Waals surface area (Å²) in [5.74, 6) is -2.89. The number of carbonyl (C=O) groups is 3. The number of nitrogens with zero attached hydrogens (tertiary/aromatic N) is 6. The summed E-state index contributed by atoms with van der Waals surface area (Å²) in [5, 5.41) is 10.5. The van der Waals surface area contributed by atoms with Crippen LogP contribution in [0.5, 0.6) is 0 Å². The van der Waals surface area contributed by atoms with Gasteiger partial charge in [-0.3, -0.25) is 14.4 Å². The van der Waals surface area contributed by atoms with Crippen molar-refractivity contribution in [2.24, 2.45) is 10.9 Å². The third-order valence-corrected chi connectivity index (χ3v) is 5.28. The number of aliphatic imine (C=N–C) groups is 1. The van der Waals surface area contributed by atoms with Gasteiger partial charge in [0.1, 0.15) is 12.4 Å². The smallest absolute Gasteiger partial charge is 0.294 e. The lowest BCUT2D eigenvalue weighted by molar-refractivity contribution is -0.146. The molecule has 11 nitrogen and oxygen atoms in total. The van der Waals surface area contributed by atoms with Crippen LogP contribution in [-0.4, -0.2) is 94.2 Å². The summed E-state index contributed by atoms with van der Waals surface area (Å²) in [5.41, 5.74) is 0.0316. The fraction of sp³-hybridized carbons (Fsp3) is 0.444. The van der Waals surface area contributed by atoms with Crippen molar-refractivity contribution in [3.63, 3.8) is 0 Å². The average Bonchev–Trinajstić information content (AvgIpc) is 3.44. The molecule has 2 amide bonds. The summed E-state index contributed by atoms with van der Waals surface area (Å²) < 4.78 is 20.8. The van der Waals surface area contributed by atoms with Crippen molar-refractivity contribution in [2.75, 3.05) is 39.9 Å². The van der Waals surface area contributed by atoms with Crippen LogP contribution in [0.25, 0.3) is 0 Å². The van der Waals surface area contributed by atoms with Gasteiger partial charge in [0, 0.05) is 45.1 Å². The van der Waals surface area contributed by atoms with E-state index in [9.17, 15) is 18.8 Å². The summed E-state index contributed by atoms with van der Waals surface area (Å²) in [6, 6.07) is -0.674. The Kier molecular flexibility index (Phi) is 5.40. The van der Waals surface area contributed by atoms with Crippen molar-refractivity contribution >= 4 is 23.4 Å². The molecule has 2 atom stereocenters. The number of rotatable bonds is 4. The number of aromatic nitrogens is 3. The molecule has 12 heteroatoms. The first kappa shape index (κ1) is 19.9. The van der Waals surface area contributed by atoms with Crippen molar-refractivity contribution < 1.29 is 23.5 Å². The molecule has 0 spiro atoms. The number of amides is 2. The maximum atomic E-state index is 14.6. The monoisotopic (exact) mass is 417 g/mol. The van der Waals surface area contributed by atoms with E-state index in [4.69, 9.17) is 4.74 Å². The van der Waals surface area contributed by atoms with E-state index in [0.29, 0.717) is 18.9 Å². The van der Waals surface area contributed by atoms with Gasteiger partial charge in [-0.25, -0.2) is 14.1 Å². The molecule has 1 N–H and O–H groups in total. The zero-order chi connectivity index (χ0) is 21.3. The van der Waals surface area contributed by atoms with Gasteiger partial charge in [0.05, 0.1) is 30.6 Å². The molecule has 0 aliphatic carbocycles. The zero-order valence-corrected chi connectivity index (χ0v) is 16.2. The highest BCUT2D eigenvalue weighted by Gasteiger charge is 2.44. The average molecular weight is 417 g/mol. The fourth-order valence-electron chi connectivity index (χ4n) is 3.74. The Hall–Kier alpha value is -3.41. The lowest BCUT2D eigenvalue weighted by Crippen LogP contribution is -2.53. The van der Waals surface area contributed by atoms with Crippen LogP contribution in [-0.2, 0) is 19.1 Å². The first-order valence-electron chi connectivity index (χ1n) is 9.37. The molecule has 158 valence electrons. The number of nitrogens with one attached hydrogen (secondary N) is 1. The second kappa shape index (κ2) is 8.14. The van der Waals surface area contributed by atoms with Crippen LogP contribution >= 0.6 is 0 Å². The largest absolute Gasteiger partial charge is 0.380 e. The molecule has 0 bridgehead atoms. The Morgan fingerprint density at radius 3 is 2.63 bits per heavy atom. The maximum Gasteiger partial charge on any atom is 0.294 e. The van der Waals surface area contributed by atoms with Crippen LogP contribution < -0.4 is 5.32 Å². The molecule has 1 aromatic rings. The minimum atomic E-state index is -0.970. The number of hydrogen-bond donors (Lipinski definition) is 1.